The maximum atomic E-state index is 11.0. The second-order valence-electron chi connectivity index (χ2n) is 2.93. The Morgan fingerprint density at radius 1 is 1.27 bits per heavy atom. The second-order valence-corrected chi connectivity index (χ2v) is 2.93. The lowest BCUT2D eigenvalue weighted by molar-refractivity contribution is -0.139. The Labute approximate surface area is 86.5 Å². The van der Waals surface area contributed by atoms with Gasteiger partial charge in [0, 0.05) is 5.56 Å². The summed E-state index contributed by atoms with van der Waals surface area (Å²) >= 11 is 0. The van der Waals surface area contributed by atoms with Gasteiger partial charge in [-0.25, -0.2) is 0 Å². The molecule has 4 heteroatoms. The maximum Gasteiger partial charge on any atom is 0.311 e. The van der Waals surface area contributed by atoms with Crippen molar-refractivity contribution in [3.05, 3.63) is 35.9 Å². The Morgan fingerprint density at radius 3 is 2.53 bits per heavy atom. The lowest BCUT2D eigenvalue weighted by Crippen LogP contribution is -2.02. The van der Waals surface area contributed by atoms with E-state index in [0.717, 1.165) is 6.08 Å². The number of ketones is 1. The van der Waals surface area contributed by atoms with Crippen molar-refractivity contribution in [3.8, 4) is 5.75 Å². The fourth-order valence-corrected chi connectivity index (χ4v) is 1.02. The summed E-state index contributed by atoms with van der Waals surface area (Å²) in [4.78, 5) is 21.2. The van der Waals surface area contributed by atoms with Gasteiger partial charge in [0.15, 0.2) is 5.78 Å². The first kappa shape index (κ1) is 11.0. The van der Waals surface area contributed by atoms with Crippen LogP contribution in [0.4, 0.5) is 0 Å². The third-order valence-corrected chi connectivity index (χ3v) is 1.71. The number of rotatable bonds is 4. The summed E-state index contributed by atoms with van der Waals surface area (Å²) in [5.74, 6) is -1.62. The second kappa shape index (κ2) is 4.95. The molecule has 0 radical (unpaired) electrons. The standard InChI is InChI=1S/C11H10O4/c12-9(7-11(14)15)6-5-8-3-1-2-4-10(8)13/h1-6,13H,7H2,(H,14,15)/b6-5+. The number of aliphatic carboxylic acids is 1. The predicted octanol–water partition coefficient (Wildman–Crippen LogP) is 1.45. The fourth-order valence-electron chi connectivity index (χ4n) is 1.02. The van der Waals surface area contributed by atoms with E-state index in [-0.39, 0.29) is 5.75 Å². The maximum absolute atomic E-state index is 11.0. The molecule has 0 fully saturated rings. The molecule has 15 heavy (non-hydrogen) atoms. The normalized spacial score (nSPS) is 10.4. The molecular formula is C11H10O4. The molecule has 0 atom stereocenters. The first-order valence-corrected chi connectivity index (χ1v) is 4.30. The molecule has 0 aliphatic heterocycles. The van der Waals surface area contributed by atoms with Crippen LogP contribution in [0.25, 0.3) is 6.08 Å². The highest BCUT2D eigenvalue weighted by atomic mass is 16.4. The number of carbonyl (C=O) groups is 2. The van der Waals surface area contributed by atoms with Crippen LogP contribution in [0.15, 0.2) is 30.3 Å². The third-order valence-electron chi connectivity index (χ3n) is 1.71. The van der Waals surface area contributed by atoms with E-state index in [9.17, 15) is 14.7 Å². The molecular weight excluding hydrogens is 196 g/mol. The van der Waals surface area contributed by atoms with E-state index in [1.807, 2.05) is 0 Å². The lowest BCUT2D eigenvalue weighted by atomic mass is 10.1. The highest BCUT2D eigenvalue weighted by Crippen LogP contribution is 2.16. The summed E-state index contributed by atoms with van der Waals surface area (Å²) in [6.45, 7) is 0. The topological polar surface area (TPSA) is 74.6 Å². The van der Waals surface area contributed by atoms with Crippen molar-refractivity contribution >= 4 is 17.8 Å². The molecule has 0 aliphatic rings. The minimum absolute atomic E-state index is 0.0527. The average molecular weight is 206 g/mol. The highest BCUT2D eigenvalue weighted by Gasteiger charge is 2.03. The number of hydrogen-bond donors (Lipinski definition) is 2. The van der Waals surface area contributed by atoms with Crippen molar-refractivity contribution in [2.75, 3.05) is 0 Å². The predicted molar refractivity (Wildman–Crippen MR) is 54.4 cm³/mol. The van der Waals surface area contributed by atoms with Crippen LogP contribution in [0.2, 0.25) is 0 Å². The van der Waals surface area contributed by atoms with Crippen molar-refractivity contribution in [1.82, 2.24) is 0 Å². The molecule has 1 aromatic rings. The van der Waals surface area contributed by atoms with E-state index in [1.165, 1.54) is 12.1 Å². The zero-order valence-electron chi connectivity index (χ0n) is 7.88. The summed E-state index contributed by atoms with van der Waals surface area (Å²) in [5.41, 5.74) is 0.483. The summed E-state index contributed by atoms with van der Waals surface area (Å²) in [6.07, 6.45) is 1.99. The van der Waals surface area contributed by atoms with E-state index < -0.39 is 18.2 Å². The van der Waals surface area contributed by atoms with Gasteiger partial charge in [-0.1, -0.05) is 18.2 Å². The van der Waals surface area contributed by atoms with Crippen LogP contribution >= 0.6 is 0 Å². The molecule has 0 aromatic heterocycles. The molecule has 0 amide bonds. The van der Waals surface area contributed by atoms with Crippen molar-refractivity contribution < 1.29 is 19.8 Å². The molecule has 0 saturated heterocycles. The number of carboxylic acids is 1. The Morgan fingerprint density at radius 2 is 1.93 bits per heavy atom. The van der Waals surface area contributed by atoms with Crippen LogP contribution in [0, 0.1) is 0 Å². The number of carboxylic acid groups (broad SMARTS) is 1. The van der Waals surface area contributed by atoms with Crippen LogP contribution in [-0.2, 0) is 9.59 Å². The number of para-hydroxylation sites is 1. The number of phenols is 1. The van der Waals surface area contributed by atoms with Crippen molar-refractivity contribution in [3.63, 3.8) is 0 Å². The Kier molecular flexibility index (Phi) is 3.62. The van der Waals surface area contributed by atoms with Gasteiger partial charge in [-0.3, -0.25) is 9.59 Å². The number of phenolic OH excluding ortho intramolecular Hbond substituents is 1. The average Bonchev–Trinajstić information content (AvgIpc) is 2.15. The molecule has 78 valence electrons. The summed E-state index contributed by atoms with van der Waals surface area (Å²) in [6, 6.07) is 6.48. The Hall–Kier alpha value is -2.10. The molecule has 0 saturated carbocycles. The number of benzene rings is 1. The van der Waals surface area contributed by atoms with Gasteiger partial charge in [0.1, 0.15) is 12.2 Å². The minimum Gasteiger partial charge on any atom is -0.507 e. The number of allylic oxidation sites excluding steroid dienone is 1. The van der Waals surface area contributed by atoms with E-state index in [2.05, 4.69) is 0 Å². The molecule has 0 aliphatic carbocycles. The van der Waals surface area contributed by atoms with Gasteiger partial charge in [0.2, 0.25) is 0 Å². The van der Waals surface area contributed by atoms with E-state index >= 15 is 0 Å². The smallest absolute Gasteiger partial charge is 0.311 e. The molecule has 0 heterocycles. The fraction of sp³-hybridized carbons (Fsp3) is 0.0909. The first-order chi connectivity index (χ1) is 7.09. The first-order valence-electron chi connectivity index (χ1n) is 4.30. The molecule has 0 unspecified atom stereocenters. The van der Waals surface area contributed by atoms with Gasteiger partial charge < -0.3 is 10.2 Å². The van der Waals surface area contributed by atoms with Crippen LogP contribution < -0.4 is 0 Å². The van der Waals surface area contributed by atoms with E-state index in [4.69, 9.17) is 5.11 Å². The van der Waals surface area contributed by atoms with Crippen LogP contribution in [0.1, 0.15) is 12.0 Å². The zero-order valence-corrected chi connectivity index (χ0v) is 7.88. The summed E-state index contributed by atoms with van der Waals surface area (Å²) in [7, 11) is 0. The SMILES string of the molecule is O=C(O)CC(=O)/C=C/c1ccccc1O. The zero-order chi connectivity index (χ0) is 11.3. The molecule has 2 N–H and O–H groups in total. The molecule has 4 nitrogen and oxygen atoms in total. The minimum atomic E-state index is -1.16. The molecule has 1 aromatic carbocycles. The number of aromatic hydroxyl groups is 1. The summed E-state index contributed by atoms with van der Waals surface area (Å²) in [5, 5.41) is 17.7. The number of hydrogen-bond acceptors (Lipinski definition) is 3. The van der Waals surface area contributed by atoms with Gasteiger partial charge >= 0.3 is 5.97 Å². The largest absolute Gasteiger partial charge is 0.507 e. The van der Waals surface area contributed by atoms with E-state index in [0.29, 0.717) is 5.56 Å². The van der Waals surface area contributed by atoms with Crippen molar-refractivity contribution in [2.45, 2.75) is 6.42 Å². The van der Waals surface area contributed by atoms with E-state index in [1.54, 1.807) is 18.2 Å². The van der Waals surface area contributed by atoms with Crippen LogP contribution in [0.5, 0.6) is 5.75 Å². The van der Waals surface area contributed by atoms with Gasteiger partial charge in [0.25, 0.3) is 0 Å². The van der Waals surface area contributed by atoms with Crippen LogP contribution in [-0.4, -0.2) is 22.0 Å². The summed E-state index contributed by atoms with van der Waals surface area (Å²) < 4.78 is 0. The third kappa shape index (κ3) is 3.64. The molecule has 0 spiro atoms. The Balaban J connectivity index is 2.70. The van der Waals surface area contributed by atoms with Crippen molar-refractivity contribution in [2.24, 2.45) is 0 Å². The van der Waals surface area contributed by atoms with Gasteiger partial charge in [-0.2, -0.15) is 0 Å². The monoisotopic (exact) mass is 206 g/mol. The van der Waals surface area contributed by atoms with Gasteiger partial charge in [0.05, 0.1) is 0 Å². The lowest BCUT2D eigenvalue weighted by Gasteiger charge is -1.96. The van der Waals surface area contributed by atoms with Crippen molar-refractivity contribution in [1.29, 1.82) is 0 Å². The quantitative estimate of drug-likeness (QED) is 0.577. The van der Waals surface area contributed by atoms with Gasteiger partial charge in [-0.15, -0.1) is 0 Å². The molecule has 1 rings (SSSR count). The highest BCUT2D eigenvalue weighted by molar-refractivity contribution is 6.03. The molecule has 0 bridgehead atoms. The number of carbonyl (C=O) groups excluding carboxylic acids is 1. The Bertz CT molecular complexity index is 407. The van der Waals surface area contributed by atoms with Gasteiger partial charge in [-0.05, 0) is 18.2 Å². The van der Waals surface area contributed by atoms with Crippen LogP contribution in [0.3, 0.4) is 0 Å².